The third-order valence-electron chi connectivity index (χ3n) is 3.85. The number of benzene rings is 2. The highest BCUT2D eigenvalue weighted by Crippen LogP contribution is 2.33. The zero-order valence-electron chi connectivity index (χ0n) is 13.2. The maximum Gasteiger partial charge on any atom is 0.255 e. The first-order valence-corrected chi connectivity index (χ1v) is 9.17. The van der Waals surface area contributed by atoms with E-state index in [4.69, 9.17) is 4.74 Å². The minimum absolute atomic E-state index is 0.144. The quantitative estimate of drug-likeness (QED) is 0.923. The van der Waals surface area contributed by atoms with Gasteiger partial charge in [-0.2, -0.15) is 0 Å². The second-order valence-electron chi connectivity index (χ2n) is 5.45. The summed E-state index contributed by atoms with van der Waals surface area (Å²) in [6, 6.07) is 13.8. The maximum atomic E-state index is 12.3. The Morgan fingerprint density at radius 2 is 1.92 bits per heavy atom. The number of nitrogens with one attached hydrogen (secondary N) is 1. The molecule has 2 aromatic carbocycles. The van der Waals surface area contributed by atoms with Gasteiger partial charge in [-0.05, 0) is 36.8 Å². The van der Waals surface area contributed by atoms with Crippen molar-refractivity contribution in [2.24, 2.45) is 0 Å². The lowest BCUT2D eigenvalue weighted by atomic mass is 10.2. The monoisotopic (exact) mass is 346 g/mol. The SMILES string of the molecule is COc1ccc(N2CCCS2(=O)=O)cc1NC(=O)c1ccccc1. The molecule has 24 heavy (non-hydrogen) atoms. The van der Waals surface area contributed by atoms with Crippen molar-refractivity contribution in [2.45, 2.75) is 6.42 Å². The lowest BCUT2D eigenvalue weighted by Crippen LogP contribution is -2.25. The maximum absolute atomic E-state index is 12.3. The van der Waals surface area contributed by atoms with Crippen molar-refractivity contribution in [3.8, 4) is 5.75 Å². The number of ether oxygens (including phenoxy) is 1. The van der Waals surface area contributed by atoms with Crippen LogP contribution in [0.4, 0.5) is 11.4 Å². The minimum atomic E-state index is -3.28. The molecule has 0 unspecified atom stereocenters. The molecule has 3 rings (SSSR count). The fraction of sp³-hybridized carbons (Fsp3) is 0.235. The fourth-order valence-electron chi connectivity index (χ4n) is 2.66. The van der Waals surface area contributed by atoms with E-state index in [0.29, 0.717) is 35.7 Å². The number of sulfonamides is 1. The summed E-state index contributed by atoms with van der Waals surface area (Å²) >= 11 is 0. The second kappa shape index (κ2) is 6.52. The van der Waals surface area contributed by atoms with Crippen LogP contribution >= 0.6 is 0 Å². The highest BCUT2D eigenvalue weighted by atomic mass is 32.2. The van der Waals surface area contributed by atoms with Gasteiger partial charge >= 0.3 is 0 Å². The lowest BCUT2D eigenvalue weighted by Gasteiger charge is -2.19. The number of hydrogen-bond acceptors (Lipinski definition) is 4. The van der Waals surface area contributed by atoms with E-state index in [0.717, 1.165) is 0 Å². The molecule has 0 saturated carbocycles. The predicted octanol–water partition coefficient (Wildman–Crippen LogP) is 2.49. The summed E-state index contributed by atoms with van der Waals surface area (Å²) in [6.45, 7) is 0.445. The highest BCUT2D eigenvalue weighted by molar-refractivity contribution is 7.93. The molecular formula is C17H18N2O4S. The summed E-state index contributed by atoms with van der Waals surface area (Å²) in [5, 5.41) is 2.78. The van der Waals surface area contributed by atoms with E-state index in [1.54, 1.807) is 42.5 Å². The van der Waals surface area contributed by atoms with Crippen LogP contribution in [0.25, 0.3) is 0 Å². The van der Waals surface area contributed by atoms with E-state index >= 15 is 0 Å². The molecule has 126 valence electrons. The van der Waals surface area contributed by atoms with Gasteiger partial charge in [0.15, 0.2) is 0 Å². The zero-order chi connectivity index (χ0) is 17.2. The molecule has 0 atom stereocenters. The summed E-state index contributed by atoms with van der Waals surface area (Å²) < 4.78 is 30.8. The van der Waals surface area contributed by atoms with Crippen molar-refractivity contribution in [2.75, 3.05) is 29.0 Å². The number of anilines is 2. The first kappa shape index (κ1) is 16.3. The van der Waals surface area contributed by atoms with E-state index in [-0.39, 0.29) is 11.7 Å². The van der Waals surface area contributed by atoms with E-state index in [9.17, 15) is 13.2 Å². The van der Waals surface area contributed by atoms with Crippen LogP contribution in [0.2, 0.25) is 0 Å². The lowest BCUT2D eigenvalue weighted by molar-refractivity contribution is 0.102. The number of carbonyl (C=O) groups is 1. The highest BCUT2D eigenvalue weighted by Gasteiger charge is 2.29. The largest absolute Gasteiger partial charge is 0.495 e. The third-order valence-corrected chi connectivity index (χ3v) is 5.72. The van der Waals surface area contributed by atoms with Crippen LogP contribution in [0, 0.1) is 0 Å². The molecule has 1 aliphatic heterocycles. The Morgan fingerprint density at radius 3 is 2.54 bits per heavy atom. The van der Waals surface area contributed by atoms with Gasteiger partial charge in [0.1, 0.15) is 5.75 Å². The van der Waals surface area contributed by atoms with E-state index < -0.39 is 10.0 Å². The molecule has 1 fully saturated rings. The van der Waals surface area contributed by atoms with E-state index in [2.05, 4.69) is 5.32 Å². The first-order valence-electron chi connectivity index (χ1n) is 7.56. The summed E-state index contributed by atoms with van der Waals surface area (Å²) in [6.07, 6.45) is 0.597. The fourth-order valence-corrected chi connectivity index (χ4v) is 4.22. The number of methoxy groups -OCH3 is 1. The predicted molar refractivity (Wildman–Crippen MR) is 93.1 cm³/mol. The molecular weight excluding hydrogens is 328 g/mol. The summed E-state index contributed by atoms with van der Waals surface area (Å²) in [5.74, 6) is 0.333. The average molecular weight is 346 g/mol. The van der Waals surface area contributed by atoms with Crippen LogP contribution < -0.4 is 14.4 Å². The zero-order valence-corrected chi connectivity index (χ0v) is 14.0. The number of amides is 1. The van der Waals surface area contributed by atoms with Crippen LogP contribution in [0.15, 0.2) is 48.5 Å². The van der Waals surface area contributed by atoms with Gasteiger partial charge in [-0.1, -0.05) is 18.2 Å². The Balaban J connectivity index is 1.92. The molecule has 7 heteroatoms. The van der Waals surface area contributed by atoms with Crippen molar-refractivity contribution in [1.29, 1.82) is 0 Å². The molecule has 2 aromatic rings. The van der Waals surface area contributed by atoms with Crippen molar-refractivity contribution in [3.05, 3.63) is 54.1 Å². The van der Waals surface area contributed by atoms with Crippen LogP contribution in [-0.2, 0) is 10.0 Å². The normalized spacial score (nSPS) is 16.0. The van der Waals surface area contributed by atoms with Gasteiger partial charge in [-0.3, -0.25) is 9.10 Å². The molecule has 1 heterocycles. The molecule has 1 N–H and O–H groups in total. The Labute approximate surface area is 141 Å². The van der Waals surface area contributed by atoms with Gasteiger partial charge in [0, 0.05) is 12.1 Å². The van der Waals surface area contributed by atoms with Gasteiger partial charge < -0.3 is 10.1 Å². The van der Waals surface area contributed by atoms with Gasteiger partial charge in [-0.15, -0.1) is 0 Å². The summed E-state index contributed by atoms with van der Waals surface area (Å²) in [5.41, 5.74) is 1.47. The van der Waals surface area contributed by atoms with Crippen LogP contribution in [0.1, 0.15) is 16.8 Å². The van der Waals surface area contributed by atoms with Gasteiger partial charge in [-0.25, -0.2) is 8.42 Å². The molecule has 0 spiro atoms. The van der Waals surface area contributed by atoms with Crippen LogP contribution in [-0.4, -0.2) is 33.7 Å². The van der Waals surface area contributed by atoms with E-state index in [1.165, 1.54) is 11.4 Å². The average Bonchev–Trinajstić information content (AvgIpc) is 2.95. The number of nitrogens with zero attached hydrogens (tertiary/aromatic N) is 1. The minimum Gasteiger partial charge on any atom is -0.495 e. The number of hydrogen-bond donors (Lipinski definition) is 1. The van der Waals surface area contributed by atoms with E-state index in [1.807, 2.05) is 6.07 Å². The molecule has 0 radical (unpaired) electrons. The first-order chi connectivity index (χ1) is 11.5. The molecule has 1 aliphatic rings. The standard InChI is InChI=1S/C17H18N2O4S/c1-23-16-9-8-14(19-10-5-11-24(19,21)22)12-15(16)18-17(20)13-6-3-2-4-7-13/h2-4,6-9,12H,5,10-11H2,1H3,(H,18,20). The number of carbonyl (C=O) groups excluding carboxylic acids is 1. The molecule has 0 aromatic heterocycles. The molecule has 1 amide bonds. The molecule has 0 aliphatic carbocycles. The smallest absolute Gasteiger partial charge is 0.255 e. The molecule has 1 saturated heterocycles. The van der Waals surface area contributed by atoms with Crippen molar-refractivity contribution >= 4 is 27.3 Å². The van der Waals surface area contributed by atoms with Gasteiger partial charge in [0.05, 0.1) is 24.2 Å². The third kappa shape index (κ3) is 3.21. The van der Waals surface area contributed by atoms with Crippen LogP contribution in [0.5, 0.6) is 5.75 Å². The topological polar surface area (TPSA) is 75.7 Å². The molecule has 6 nitrogen and oxygen atoms in total. The Morgan fingerprint density at radius 1 is 1.17 bits per heavy atom. The second-order valence-corrected chi connectivity index (χ2v) is 7.46. The van der Waals surface area contributed by atoms with Gasteiger partial charge in [0.2, 0.25) is 10.0 Å². The van der Waals surface area contributed by atoms with Crippen molar-refractivity contribution < 1.29 is 17.9 Å². The number of rotatable bonds is 4. The van der Waals surface area contributed by atoms with Gasteiger partial charge in [0.25, 0.3) is 5.91 Å². The van der Waals surface area contributed by atoms with Crippen LogP contribution in [0.3, 0.4) is 0 Å². The Bertz CT molecular complexity index is 850. The summed E-state index contributed by atoms with van der Waals surface area (Å²) in [4.78, 5) is 12.3. The Hall–Kier alpha value is -2.54. The van der Waals surface area contributed by atoms with Crippen molar-refractivity contribution in [1.82, 2.24) is 0 Å². The summed E-state index contributed by atoms with van der Waals surface area (Å²) in [7, 11) is -1.78. The van der Waals surface area contributed by atoms with Crippen molar-refractivity contribution in [3.63, 3.8) is 0 Å². The Kier molecular flexibility index (Phi) is 4.44. The molecule has 0 bridgehead atoms.